The highest BCUT2D eigenvalue weighted by Gasteiger charge is 2.36. The van der Waals surface area contributed by atoms with Crippen LogP contribution >= 0.6 is 22.3 Å². The maximum absolute atomic E-state index is 11.5. The summed E-state index contributed by atoms with van der Waals surface area (Å²) in [5.74, 6) is -0.124. The maximum Gasteiger partial charge on any atom is 0.266 e. The minimum Gasteiger partial charge on any atom is -0.251 e. The van der Waals surface area contributed by atoms with Crippen molar-refractivity contribution in [1.29, 1.82) is 0 Å². The third-order valence-electron chi connectivity index (χ3n) is 2.76. The molecule has 1 aromatic rings. The standard InChI is InChI=1S/C9H12Cl2N2O4S2/c1-18(14,15)5-4-13-9(10)8(19(11,16)17)7(12-13)6-2-3-6/h6H,2-5H2,1H3. The monoisotopic (exact) mass is 346 g/mol. The molecule has 0 atom stereocenters. The number of halogens is 2. The maximum atomic E-state index is 11.5. The second-order valence-electron chi connectivity index (χ2n) is 4.57. The van der Waals surface area contributed by atoms with Crippen LogP contribution in [0.15, 0.2) is 4.90 Å². The third kappa shape index (κ3) is 3.62. The van der Waals surface area contributed by atoms with E-state index in [-0.39, 0.29) is 28.3 Å². The molecule has 1 heterocycles. The molecule has 1 fully saturated rings. The van der Waals surface area contributed by atoms with Crippen molar-refractivity contribution in [2.45, 2.75) is 30.2 Å². The molecule has 2 rings (SSSR count). The van der Waals surface area contributed by atoms with E-state index in [2.05, 4.69) is 5.10 Å². The Bertz CT molecular complexity index is 705. The molecule has 19 heavy (non-hydrogen) atoms. The van der Waals surface area contributed by atoms with Crippen molar-refractivity contribution in [3.8, 4) is 0 Å². The largest absolute Gasteiger partial charge is 0.266 e. The van der Waals surface area contributed by atoms with Crippen molar-refractivity contribution in [3.05, 3.63) is 10.8 Å². The molecule has 6 nitrogen and oxygen atoms in total. The highest BCUT2D eigenvalue weighted by Crippen LogP contribution is 2.44. The molecule has 10 heteroatoms. The van der Waals surface area contributed by atoms with Crippen molar-refractivity contribution in [2.24, 2.45) is 0 Å². The Kier molecular flexibility index (Phi) is 3.90. The second-order valence-corrected chi connectivity index (χ2v) is 9.69. The van der Waals surface area contributed by atoms with E-state index in [0.717, 1.165) is 19.1 Å². The van der Waals surface area contributed by atoms with Crippen molar-refractivity contribution < 1.29 is 16.8 Å². The van der Waals surface area contributed by atoms with Crippen LogP contribution in [0.4, 0.5) is 0 Å². The topological polar surface area (TPSA) is 86.1 Å². The van der Waals surface area contributed by atoms with Gasteiger partial charge >= 0.3 is 0 Å². The molecular weight excluding hydrogens is 335 g/mol. The van der Waals surface area contributed by atoms with E-state index in [4.69, 9.17) is 22.3 Å². The molecule has 1 aliphatic carbocycles. The number of rotatable bonds is 5. The molecule has 1 aromatic heterocycles. The summed E-state index contributed by atoms with van der Waals surface area (Å²) in [5.41, 5.74) is 0.341. The van der Waals surface area contributed by atoms with Gasteiger partial charge in [0, 0.05) is 22.9 Å². The average Bonchev–Trinajstić information content (AvgIpc) is 2.98. The van der Waals surface area contributed by atoms with Gasteiger partial charge in [0.15, 0.2) is 0 Å². The molecule has 0 N–H and O–H groups in total. The van der Waals surface area contributed by atoms with Crippen molar-refractivity contribution in [3.63, 3.8) is 0 Å². The Labute approximate surface area is 121 Å². The molecule has 0 spiro atoms. The Morgan fingerprint density at radius 1 is 1.32 bits per heavy atom. The summed E-state index contributed by atoms with van der Waals surface area (Å²) >= 11 is 5.96. The lowest BCUT2D eigenvalue weighted by atomic mass is 10.3. The van der Waals surface area contributed by atoms with Crippen molar-refractivity contribution in [1.82, 2.24) is 9.78 Å². The van der Waals surface area contributed by atoms with Gasteiger partial charge in [0.1, 0.15) is 19.9 Å². The minimum atomic E-state index is -3.99. The van der Waals surface area contributed by atoms with Crippen LogP contribution in [0.5, 0.6) is 0 Å². The van der Waals surface area contributed by atoms with E-state index in [1.165, 1.54) is 4.68 Å². The second kappa shape index (κ2) is 4.91. The molecular formula is C9H12Cl2N2O4S2. The molecule has 1 saturated carbocycles. The van der Waals surface area contributed by atoms with E-state index in [1.807, 2.05) is 0 Å². The fourth-order valence-corrected chi connectivity index (χ4v) is 4.06. The van der Waals surface area contributed by atoms with Gasteiger partial charge in [0.25, 0.3) is 9.05 Å². The molecule has 0 aliphatic heterocycles. The molecule has 0 bridgehead atoms. The Balaban J connectivity index is 2.41. The van der Waals surface area contributed by atoms with Gasteiger partial charge in [0.2, 0.25) is 0 Å². The summed E-state index contributed by atoms with van der Waals surface area (Å²) in [7, 11) is -1.82. The van der Waals surface area contributed by atoms with Crippen molar-refractivity contribution in [2.75, 3.05) is 12.0 Å². The number of hydrogen-bond acceptors (Lipinski definition) is 5. The quantitative estimate of drug-likeness (QED) is 0.751. The number of nitrogens with zero attached hydrogens (tertiary/aromatic N) is 2. The fourth-order valence-electron chi connectivity index (χ4n) is 1.69. The lowest BCUT2D eigenvalue weighted by Gasteiger charge is -2.01. The normalized spacial score (nSPS) is 16.8. The van der Waals surface area contributed by atoms with Crippen LogP contribution in [0.2, 0.25) is 5.15 Å². The van der Waals surface area contributed by atoms with E-state index >= 15 is 0 Å². The summed E-state index contributed by atoms with van der Waals surface area (Å²) < 4.78 is 46.5. The lowest BCUT2D eigenvalue weighted by molar-refractivity contribution is 0.584. The summed E-state index contributed by atoms with van der Waals surface area (Å²) in [6.07, 6.45) is 2.75. The summed E-state index contributed by atoms with van der Waals surface area (Å²) in [4.78, 5) is -0.188. The first-order valence-electron chi connectivity index (χ1n) is 5.48. The van der Waals surface area contributed by atoms with Crippen LogP contribution in [0.3, 0.4) is 0 Å². The third-order valence-corrected chi connectivity index (χ3v) is 5.53. The molecule has 1 aliphatic rings. The Morgan fingerprint density at radius 3 is 2.32 bits per heavy atom. The molecule has 108 valence electrons. The number of aromatic nitrogens is 2. The summed E-state index contributed by atoms with van der Waals surface area (Å²) in [6.45, 7) is 0.00377. The fraction of sp³-hybridized carbons (Fsp3) is 0.667. The molecule has 0 radical (unpaired) electrons. The zero-order valence-corrected chi connectivity index (χ0v) is 13.2. The lowest BCUT2D eigenvalue weighted by Crippen LogP contribution is -2.12. The SMILES string of the molecule is CS(=O)(=O)CCn1nc(C2CC2)c(S(=O)(=O)Cl)c1Cl. The highest BCUT2D eigenvalue weighted by molar-refractivity contribution is 8.13. The van der Waals surface area contributed by atoms with Gasteiger partial charge in [-0.2, -0.15) is 5.10 Å². The van der Waals surface area contributed by atoms with Gasteiger partial charge in [0.05, 0.1) is 18.0 Å². The Morgan fingerprint density at radius 2 is 1.89 bits per heavy atom. The number of aryl methyl sites for hydroxylation is 1. The Hall–Kier alpha value is -0.310. The summed E-state index contributed by atoms with van der Waals surface area (Å²) in [5, 5.41) is 3.97. The van der Waals surface area contributed by atoms with E-state index in [9.17, 15) is 16.8 Å². The first-order chi connectivity index (χ1) is 8.59. The van der Waals surface area contributed by atoms with Crippen LogP contribution in [-0.4, -0.2) is 38.6 Å². The van der Waals surface area contributed by atoms with Gasteiger partial charge in [-0.15, -0.1) is 0 Å². The average molecular weight is 347 g/mol. The predicted molar refractivity (Wildman–Crippen MR) is 72.0 cm³/mol. The van der Waals surface area contributed by atoms with Gasteiger partial charge in [-0.3, -0.25) is 4.68 Å². The van der Waals surface area contributed by atoms with Gasteiger partial charge in [-0.05, 0) is 12.8 Å². The van der Waals surface area contributed by atoms with Crippen LogP contribution in [-0.2, 0) is 25.4 Å². The van der Waals surface area contributed by atoms with E-state index in [1.54, 1.807) is 0 Å². The van der Waals surface area contributed by atoms with Crippen LogP contribution < -0.4 is 0 Å². The van der Waals surface area contributed by atoms with Crippen LogP contribution in [0, 0.1) is 0 Å². The smallest absolute Gasteiger partial charge is 0.251 e. The summed E-state index contributed by atoms with van der Waals surface area (Å²) in [6, 6.07) is 0. The predicted octanol–water partition coefficient (Wildman–Crippen LogP) is 1.39. The zero-order valence-electron chi connectivity index (χ0n) is 10.0. The van der Waals surface area contributed by atoms with E-state index < -0.39 is 18.9 Å². The minimum absolute atomic E-state index is 0.00377. The first-order valence-corrected chi connectivity index (χ1v) is 10.2. The number of sulfone groups is 1. The van der Waals surface area contributed by atoms with Crippen LogP contribution in [0.25, 0.3) is 0 Å². The van der Waals surface area contributed by atoms with E-state index in [0.29, 0.717) is 5.69 Å². The van der Waals surface area contributed by atoms with Crippen LogP contribution in [0.1, 0.15) is 24.5 Å². The van der Waals surface area contributed by atoms with Crippen molar-refractivity contribution >= 4 is 41.2 Å². The highest BCUT2D eigenvalue weighted by atomic mass is 35.7. The van der Waals surface area contributed by atoms with Gasteiger partial charge in [-0.1, -0.05) is 11.6 Å². The molecule has 0 unspecified atom stereocenters. The molecule has 0 aromatic carbocycles. The first kappa shape index (κ1) is 15.1. The molecule has 0 saturated heterocycles. The van der Waals surface area contributed by atoms with Gasteiger partial charge in [-0.25, -0.2) is 16.8 Å². The number of hydrogen-bond donors (Lipinski definition) is 0. The zero-order chi connectivity index (χ0) is 14.4. The molecule has 0 amide bonds. The van der Waals surface area contributed by atoms with Gasteiger partial charge < -0.3 is 0 Å².